The number of imidazole rings is 1. The Balaban J connectivity index is 2.77. The molecule has 0 bridgehead atoms. The Kier molecular flexibility index (Phi) is 2.54. The number of nitrogens with zero attached hydrogens (tertiary/aromatic N) is 2. The average molecular weight is 274 g/mol. The zero-order chi connectivity index (χ0) is 10.3. The van der Waals surface area contributed by atoms with Crippen LogP contribution in [0.3, 0.4) is 0 Å². The van der Waals surface area contributed by atoms with Crippen LogP contribution < -0.4 is 0 Å². The highest BCUT2D eigenvalue weighted by molar-refractivity contribution is 9.10. The fourth-order valence-corrected chi connectivity index (χ4v) is 2.02. The minimum atomic E-state index is 0.371. The second-order valence-electron chi connectivity index (χ2n) is 3.52. The lowest BCUT2D eigenvalue weighted by molar-refractivity contribution is 0.770. The zero-order valence-corrected chi connectivity index (χ0v) is 10.3. The first-order chi connectivity index (χ1) is 6.59. The highest BCUT2D eigenvalue weighted by Crippen LogP contribution is 2.25. The van der Waals surface area contributed by atoms with Crippen molar-refractivity contribution in [2.75, 3.05) is 0 Å². The van der Waals surface area contributed by atoms with E-state index in [9.17, 15) is 0 Å². The molecule has 2 aromatic heterocycles. The Morgan fingerprint density at radius 1 is 1.50 bits per heavy atom. The molecule has 74 valence electrons. The summed E-state index contributed by atoms with van der Waals surface area (Å²) in [5.41, 5.74) is 0.949. The second kappa shape index (κ2) is 3.55. The van der Waals surface area contributed by atoms with Crippen LogP contribution in [0.1, 0.15) is 25.6 Å². The SMILES string of the molecule is CC(C)c1nc(Cl)c2cc(Br)ccn12. The molecule has 0 N–H and O–H groups in total. The molecule has 0 aromatic carbocycles. The van der Waals surface area contributed by atoms with Gasteiger partial charge < -0.3 is 4.40 Å². The first-order valence-electron chi connectivity index (χ1n) is 4.42. The summed E-state index contributed by atoms with van der Waals surface area (Å²) in [6.07, 6.45) is 1.98. The van der Waals surface area contributed by atoms with Gasteiger partial charge in [0.15, 0.2) is 5.15 Å². The van der Waals surface area contributed by atoms with Crippen molar-refractivity contribution in [1.82, 2.24) is 9.38 Å². The van der Waals surface area contributed by atoms with E-state index in [-0.39, 0.29) is 0 Å². The van der Waals surface area contributed by atoms with Crippen molar-refractivity contribution >= 4 is 33.0 Å². The molecule has 0 unspecified atom stereocenters. The predicted molar refractivity (Wildman–Crippen MR) is 62.0 cm³/mol. The number of hydrogen-bond donors (Lipinski definition) is 0. The third kappa shape index (κ3) is 1.55. The highest BCUT2D eigenvalue weighted by atomic mass is 79.9. The number of hydrogen-bond acceptors (Lipinski definition) is 1. The molecule has 0 spiro atoms. The van der Waals surface area contributed by atoms with Crippen molar-refractivity contribution in [3.05, 3.63) is 33.8 Å². The molecule has 2 nitrogen and oxygen atoms in total. The molecular weight excluding hydrogens is 263 g/mol. The molecule has 0 saturated heterocycles. The molecule has 0 aliphatic heterocycles. The minimum Gasteiger partial charge on any atom is -0.302 e. The molecule has 0 aliphatic carbocycles. The van der Waals surface area contributed by atoms with Gasteiger partial charge >= 0.3 is 0 Å². The molecule has 0 aliphatic rings. The van der Waals surface area contributed by atoms with E-state index in [1.54, 1.807) is 0 Å². The topological polar surface area (TPSA) is 17.3 Å². The third-order valence-corrected chi connectivity index (χ3v) is 2.88. The fourth-order valence-electron chi connectivity index (χ4n) is 1.45. The molecule has 0 fully saturated rings. The molecule has 0 atom stereocenters. The Morgan fingerprint density at radius 2 is 2.21 bits per heavy atom. The van der Waals surface area contributed by atoms with Crippen LogP contribution in [0.5, 0.6) is 0 Å². The third-order valence-electron chi connectivity index (χ3n) is 2.10. The largest absolute Gasteiger partial charge is 0.302 e. The van der Waals surface area contributed by atoms with Gasteiger partial charge in [-0.3, -0.25) is 0 Å². The lowest BCUT2D eigenvalue weighted by Crippen LogP contribution is -1.95. The first kappa shape index (κ1) is 9.99. The average Bonchev–Trinajstić information content (AvgIpc) is 2.44. The number of fused-ring (bicyclic) bond motifs is 1. The van der Waals surface area contributed by atoms with Gasteiger partial charge in [0.25, 0.3) is 0 Å². The van der Waals surface area contributed by atoms with Gasteiger partial charge in [0.1, 0.15) is 5.82 Å². The summed E-state index contributed by atoms with van der Waals surface area (Å²) in [6, 6.07) is 3.96. The lowest BCUT2D eigenvalue weighted by Gasteiger charge is -2.03. The molecule has 2 aromatic rings. The van der Waals surface area contributed by atoms with Crippen molar-refractivity contribution in [1.29, 1.82) is 0 Å². The number of pyridine rings is 1. The van der Waals surface area contributed by atoms with E-state index in [2.05, 4.69) is 34.8 Å². The Morgan fingerprint density at radius 3 is 2.86 bits per heavy atom. The van der Waals surface area contributed by atoms with Crippen molar-refractivity contribution in [2.45, 2.75) is 19.8 Å². The van der Waals surface area contributed by atoms with Gasteiger partial charge in [-0.05, 0) is 12.1 Å². The van der Waals surface area contributed by atoms with E-state index in [4.69, 9.17) is 11.6 Å². The van der Waals surface area contributed by atoms with Crippen LogP contribution in [0.2, 0.25) is 5.15 Å². The second-order valence-corrected chi connectivity index (χ2v) is 4.79. The Labute approximate surface area is 96.0 Å². The van der Waals surface area contributed by atoms with Gasteiger partial charge in [0, 0.05) is 16.6 Å². The fraction of sp³-hybridized carbons (Fsp3) is 0.300. The lowest BCUT2D eigenvalue weighted by atomic mass is 10.2. The Bertz CT molecular complexity index is 476. The van der Waals surface area contributed by atoms with Crippen LogP contribution in [0.15, 0.2) is 22.8 Å². The van der Waals surface area contributed by atoms with Gasteiger partial charge in [-0.25, -0.2) is 4.98 Å². The van der Waals surface area contributed by atoms with Crippen LogP contribution in [-0.4, -0.2) is 9.38 Å². The zero-order valence-electron chi connectivity index (χ0n) is 7.96. The maximum absolute atomic E-state index is 6.04. The van der Waals surface area contributed by atoms with E-state index in [0.717, 1.165) is 15.8 Å². The van der Waals surface area contributed by atoms with Crippen LogP contribution >= 0.6 is 27.5 Å². The normalized spacial score (nSPS) is 11.5. The van der Waals surface area contributed by atoms with Crippen molar-refractivity contribution in [2.24, 2.45) is 0 Å². The predicted octanol–water partition coefficient (Wildman–Crippen LogP) is 3.87. The summed E-state index contributed by atoms with van der Waals surface area (Å²) in [4.78, 5) is 4.34. The smallest absolute Gasteiger partial charge is 0.155 e. The molecule has 14 heavy (non-hydrogen) atoms. The summed E-state index contributed by atoms with van der Waals surface area (Å²) in [5.74, 6) is 1.37. The van der Waals surface area contributed by atoms with E-state index in [0.29, 0.717) is 11.1 Å². The highest BCUT2D eigenvalue weighted by Gasteiger charge is 2.11. The molecule has 0 radical (unpaired) electrons. The maximum atomic E-state index is 6.04. The molecule has 2 heterocycles. The number of rotatable bonds is 1. The first-order valence-corrected chi connectivity index (χ1v) is 5.59. The van der Waals surface area contributed by atoms with Gasteiger partial charge in [0.2, 0.25) is 0 Å². The van der Waals surface area contributed by atoms with E-state index in [1.165, 1.54) is 0 Å². The molecule has 0 saturated carbocycles. The summed E-state index contributed by atoms with van der Waals surface area (Å²) >= 11 is 9.45. The van der Waals surface area contributed by atoms with E-state index < -0.39 is 0 Å². The summed E-state index contributed by atoms with van der Waals surface area (Å²) < 4.78 is 3.04. The van der Waals surface area contributed by atoms with Crippen LogP contribution in [0.4, 0.5) is 0 Å². The van der Waals surface area contributed by atoms with Crippen LogP contribution in [0, 0.1) is 0 Å². The number of aromatic nitrogens is 2. The number of halogens is 2. The molecule has 2 rings (SSSR count). The molecule has 4 heteroatoms. The quantitative estimate of drug-likeness (QED) is 0.771. The molecular formula is C10H10BrClN2. The van der Waals surface area contributed by atoms with Crippen molar-refractivity contribution in [3.8, 4) is 0 Å². The van der Waals surface area contributed by atoms with Crippen LogP contribution in [-0.2, 0) is 0 Å². The van der Waals surface area contributed by atoms with E-state index >= 15 is 0 Å². The van der Waals surface area contributed by atoms with Gasteiger partial charge in [-0.15, -0.1) is 0 Å². The Hall–Kier alpha value is -0.540. The summed E-state index contributed by atoms with van der Waals surface area (Å²) in [5, 5.41) is 0.565. The standard InChI is InChI=1S/C10H10BrClN2/c1-6(2)10-13-9(12)8-5-7(11)3-4-14(8)10/h3-6H,1-2H3. The minimum absolute atomic E-state index is 0.371. The van der Waals surface area contributed by atoms with Gasteiger partial charge in [-0.2, -0.15) is 0 Å². The maximum Gasteiger partial charge on any atom is 0.155 e. The molecule has 0 amide bonds. The summed E-state index contributed by atoms with van der Waals surface area (Å²) in [7, 11) is 0. The van der Waals surface area contributed by atoms with Crippen molar-refractivity contribution < 1.29 is 0 Å². The van der Waals surface area contributed by atoms with Gasteiger partial charge in [0.05, 0.1) is 5.52 Å². The van der Waals surface area contributed by atoms with Crippen LogP contribution in [0.25, 0.3) is 5.52 Å². The van der Waals surface area contributed by atoms with Gasteiger partial charge in [-0.1, -0.05) is 41.4 Å². The van der Waals surface area contributed by atoms with E-state index in [1.807, 2.05) is 22.7 Å². The summed E-state index contributed by atoms with van der Waals surface area (Å²) in [6.45, 7) is 4.21. The van der Waals surface area contributed by atoms with Crippen molar-refractivity contribution in [3.63, 3.8) is 0 Å². The monoisotopic (exact) mass is 272 g/mol.